The van der Waals surface area contributed by atoms with Crippen molar-refractivity contribution in [2.24, 2.45) is 0 Å². The summed E-state index contributed by atoms with van der Waals surface area (Å²) in [7, 11) is 0. The monoisotopic (exact) mass is 505 g/mol. The number of fused-ring (bicyclic) bond motifs is 1. The molecule has 11 heteroatoms. The summed E-state index contributed by atoms with van der Waals surface area (Å²) < 4.78 is 1.81. The summed E-state index contributed by atoms with van der Waals surface area (Å²) in [6.07, 6.45) is 6.46. The number of rotatable bonds is 6. The Balaban J connectivity index is 1.26. The first-order chi connectivity index (χ1) is 17.4. The number of amides is 3. The van der Waals surface area contributed by atoms with E-state index < -0.39 is 4.92 Å². The van der Waals surface area contributed by atoms with Crippen molar-refractivity contribution in [3.63, 3.8) is 0 Å². The number of carbonyl (C=O) groups is 3. The van der Waals surface area contributed by atoms with Crippen LogP contribution in [0.3, 0.4) is 0 Å². The Morgan fingerprint density at radius 3 is 2.39 bits per heavy atom. The number of nitro benzene ring substituents is 1. The van der Waals surface area contributed by atoms with Crippen LogP contribution in [0.4, 0.5) is 5.69 Å². The van der Waals surface area contributed by atoms with Gasteiger partial charge in [0.05, 0.1) is 20.9 Å². The first-order valence-electron chi connectivity index (χ1n) is 11.5. The summed E-state index contributed by atoms with van der Waals surface area (Å²) in [5.41, 5.74) is 1.03. The predicted octanol–water partition coefficient (Wildman–Crippen LogP) is 3.79. The number of nitrogens with zero attached hydrogens (tertiary/aromatic N) is 5. The number of piperidine rings is 1. The van der Waals surface area contributed by atoms with Gasteiger partial charge in [-0.2, -0.15) is 0 Å². The normalized spacial score (nSPS) is 15.9. The molecule has 184 valence electrons. The van der Waals surface area contributed by atoms with Gasteiger partial charge in [0.25, 0.3) is 23.4 Å². The van der Waals surface area contributed by atoms with Crippen LogP contribution in [0.25, 0.3) is 0 Å². The van der Waals surface area contributed by atoms with Crippen molar-refractivity contribution in [1.82, 2.24) is 19.4 Å². The molecule has 0 aliphatic carbocycles. The first-order valence-corrected chi connectivity index (χ1v) is 12.7. The Bertz CT molecular complexity index is 1340. The number of hydrogen-bond acceptors (Lipinski definition) is 7. The molecule has 3 amide bonds. The largest absolute Gasteiger partial charge is 0.339 e. The van der Waals surface area contributed by atoms with Gasteiger partial charge < -0.3 is 9.47 Å². The van der Waals surface area contributed by atoms with Gasteiger partial charge in [0, 0.05) is 43.0 Å². The molecule has 2 aliphatic heterocycles. The van der Waals surface area contributed by atoms with E-state index in [1.165, 1.54) is 22.7 Å². The lowest BCUT2D eigenvalue weighted by Crippen LogP contribution is -2.39. The van der Waals surface area contributed by atoms with Crippen LogP contribution in [0.5, 0.6) is 0 Å². The van der Waals surface area contributed by atoms with Crippen LogP contribution >= 0.6 is 11.8 Å². The number of nitro groups is 1. The van der Waals surface area contributed by atoms with Crippen molar-refractivity contribution in [2.45, 2.75) is 30.3 Å². The number of carbonyl (C=O) groups excluding carboxylic acids is 3. The maximum Gasteiger partial charge on any atom is 0.283 e. The summed E-state index contributed by atoms with van der Waals surface area (Å²) in [5.74, 6) is -0.0703. The highest BCUT2D eigenvalue weighted by Gasteiger charge is 2.36. The molecule has 10 nitrogen and oxygen atoms in total. The Morgan fingerprint density at radius 2 is 1.78 bits per heavy atom. The van der Waals surface area contributed by atoms with Gasteiger partial charge in [0.1, 0.15) is 12.5 Å². The Hall–Kier alpha value is -3.99. The number of benzene rings is 2. The van der Waals surface area contributed by atoms with Gasteiger partial charge >= 0.3 is 0 Å². The number of hydrogen-bond donors (Lipinski definition) is 0. The average molecular weight is 506 g/mol. The molecule has 0 N–H and O–H groups in total. The van der Waals surface area contributed by atoms with Gasteiger partial charge in [-0.25, -0.2) is 4.98 Å². The van der Waals surface area contributed by atoms with Crippen LogP contribution < -0.4 is 0 Å². The van der Waals surface area contributed by atoms with Gasteiger partial charge in [0.2, 0.25) is 0 Å². The highest BCUT2D eigenvalue weighted by Crippen LogP contribution is 2.31. The summed E-state index contributed by atoms with van der Waals surface area (Å²) >= 11 is 1.27. The second-order valence-electron chi connectivity index (χ2n) is 8.69. The minimum atomic E-state index is -0.469. The molecular weight excluding hydrogens is 482 g/mol. The van der Waals surface area contributed by atoms with Gasteiger partial charge in [0.15, 0.2) is 0 Å². The van der Waals surface area contributed by atoms with Crippen molar-refractivity contribution >= 4 is 35.2 Å². The molecule has 0 atom stereocenters. The molecule has 1 aromatic heterocycles. The number of aromatic nitrogens is 2. The molecule has 0 radical (unpaired) electrons. The van der Waals surface area contributed by atoms with Crippen LogP contribution in [0, 0.1) is 10.1 Å². The van der Waals surface area contributed by atoms with Gasteiger partial charge in [-0.15, -0.1) is 11.8 Å². The lowest BCUT2D eigenvalue weighted by Gasteiger charge is -2.32. The van der Waals surface area contributed by atoms with Crippen LogP contribution in [0.15, 0.2) is 59.8 Å². The lowest BCUT2D eigenvalue weighted by molar-refractivity contribution is -0.387. The molecule has 0 saturated carbocycles. The third kappa shape index (κ3) is 4.15. The number of thioether (sulfide) groups is 1. The van der Waals surface area contributed by atoms with E-state index in [1.54, 1.807) is 59.9 Å². The van der Waals surface area contributed by atoms with Crippen LogP contribution in [-0.4, -0.2) is 61.3 Å². The second-order valence-corrected chi connectivity index (χ2v) is 9.54. The molecule has 36 heavy (non-hydrogen) atoms. The molecule has 0 spiro atoms. The molecule has 2 aliphatic rings. The zero-order valence-electron chi connectivity index (χ0n) is 19.5. The summed E-state index contributed by atoms with van der Waals surface area (Å²) in [4.78, 5) is 57.4. The molecule has 0 bridgehead atoms. The molecular formula is C25H23N5O5S. The maximum absolute atomic E-state index is 13.0. The minimum Gasteiger partial charge on any atom is -0.339 e. The predicted molar refractivity (Wildman–Crippen MR) is 132 cm³/mol. The summed E-state index contributed by atoms with van der Waals surface area (Å²) in [6, 6.07) is 11.4. The first kappa shape index (κ1) is 23.7. The van der Waals surface area contributed by atoms with E-state index in [9.17, 15) is 24.5 Å². The van der Waals surface area contributed by atoms with E-state index in [0.717, 1.165) is 5.82 Å². The highest BCUT2D eigenvalue weighted by atomic mass is 32.2. The van der Waals surface area contributed by atoms with E-state index in [-0.39, 0.29) is 36.0 Å². The lowest BCUT2D eigenvalue weighted by atomic mass is 9.95. The molecule has 3 heterocycles. The highest BCUT2D eigenvalue weighted by molar-refractivity contribution is 7.98. The summed E-state index contributed by atoms with van der Waals surface area (Å²) in [5, 5.41) is 11.4. The summed E-state index contributed by atoms with van der Waals surface area (Å²) in [6.45, 7) is 1.02. The Labute approximate surface area is 211 Å². The quantitative estimate of drug-likeness (QED) is 0.216. The number of imidazole rings is 1. The van der Waals surface area contributed by atoms with Crippen molar-refractivity contribution in [3.8, 4) is 0 Å². The van der Waals surface area contributed by atoms with Crippen LogP contribution in [0.1, 0.15) is 55.7 Å². The molecule has 0 unspecified atom stereocenters. The third-order valence-corrected chi connectivity index (χ3v) is 7.47. The van der Waals surface area contributed by atoms with E-state index in [1.807, 2.05) is 4.57 Å². The zero-order valence-corrected chi connectivity index (χ0v) is 20.3. The molecule has 2 aromatic carbocycles. The fraction of sp³-hybridized carbons (Fsp3) is 0.280. The maximum atomic E-state index is 13.0. The minimum absolute atomic E-state index is 0.0486. The van der Waals surface area contributed by atoms with Crippen molar-refractivity contribution < 1.29 is 19.3 Å². The van der Waals surface area contributed by atoms with Gasteiger partial charge in [-0.1, -0.05) is 12.1 Å². The number of likely N-dealkylation sites (tertiary alicyclic amines) is 1. The van der Waals surface area contributed by atoms with E-state index in [2.05, 4.69) is 4.98 Å². The molecule has 5 rings (SSSR count). The Morgan fingerprint density at radius 1 is 1.11 bits per heavy atom. The van der Waals surface area contributed by atoms with Crippen LogP contribution in [0.2, 0.25) is 0 Å². The van der Waals surface area contributed by atoms with Crippen molar-refractivity contribution in [1.29, 1.82) is 0 Å². The smallest absolute Gasteiger partial charge is 0.283 e. The van der Waals surface area contributed by atoms with Crippen molar-refractivity contribution in [2.75, 3.05) is 19.3 Å². The SMILES string of the molecule is CSc1ccc(C(=O)N2CCC(c3nccn3CN3C(=O)c4ccccc4C3=O)CC2)cc1[N+](=O)[O-]. The number of imide groups is 1. The zero-order chi connectivity index (χ0) is 25.4. The molecule has 1 saturated heterocycles. The molecule has 1 fully saturated rings. The Kier molecular flexibility index (Phi) is 6.31. The molecule has 3 aromatic rings. The fourth-order valence-corrected chi connectivity index (χ4v) is 5.36. The van der Waals surface area contributed by atoms with E-state index >= 15 is 0 Å². The van der Waals surface area contributed by atoms with Crippen LogP contribution in [-0.2, 0) is 6.67 Å². The standard InChI is InChI=1S/C25H23N5O5S/c1-36-21-7-6-17(14-20(21)30(34)35)23(31)27-11-8-16(9-12-27)22-26-10-13-28(22)15-29-24(32)18-4-2-3-5-19(18)25(29)33/h2-7,10,13-14,16H,8-9,11-12,15H2,1H3. The fourth-order valence-electron chi connectivity index (χ4n) is 4.81. The third-order valence-electron chi connectivity index (χ3n) is 6.69. The van der Waals surface area contributed by atoms with E-state index in [0.29, 0.717) is 47.5 Å². The average Bonchev–Trinajstić information content (AvgIpc) is 3.47. The second kappa shape index (κ2) is 9.57. The van der Waals surface area contributed by atoms with Gasteiger partial charge in [-0.05, 0) is 43.4 Å². The van der Waals surface area contributed by atoms with Crippen molar-refractivity contribution in [3.05, 3.63) is 87.5 Å². The van der Waals surface area contributed by atoms with E-state index in [4.69, 9.17) is 0 Å². The topological polar surface area (TPSA) is 119 Å². The van der Waals surface area contributed by atoms with Gasteiger partial charge in [-0.3, -0.25) is 29.4 Å².